The molecule has 2 N–H and O–H groups in total. The Morgan fingerprint density at radius 3 is 2.63 bits per heavy atom. The van der Waals surface area contributed by atoms with E-state index in [1.54, 1.807) is 18.7 Å². The number of rotatable bonds is 9. The number of aromatic nitrogens is 2. The third-order valence-electron chi connectivity index (χ3n) is 11.7. The number of allylic oxidation sites excluding steroid dienone is 3. The molecule has 0 aromatic carbocycles. The van der Waals surface area contributed by atoms with Crippen LogP contribution in [0.25, 0.3) is 0 Å². The van der Waals surface area contributed by atoms with Gasteiger partial charge in [-0.05, 0) is 118 Å². The lowest BCUT2D eigenvalue weighted by atomic mass is 9.60. The number of carbonyl (C=O) groups excluding carboxylic acids is 1. The fourth-order valence-corrected chi connectivity index (χ4v) is 9.11. The Morgan fingerprint density at radius 1 is 1.16 bits per heavy atom. The largest absolute Gasteiger partial charge is 0.448 e. The Morgan fingerprint density at radius 2 is 1.93 bits per heavy atom. The highest BCUT2D eigenvalue weighted by atomic mass is 16.3. The minimum absolute atomic E-state index is 0.150. The van der Waals surface area contributed by atoms with Crippen molar-refractivity contribution in [1.29, 1.82) is 0 Å². The maximum atomic E-state index is 14.0. The van der Waals surface area contributed by atoms with Gasteiger partial charge in [0.25, 0.3) is 0 Å². The summed E-state index contributed by atoms with van der Waals surface area (Å²) in [6.45, 7) is 11.0. The highest BCUT2D eigenvalue weighted by Gasteiger charge is 2.57. The normalized spacial score (nSPS) is 33.4. The molecular weight excluding hydrogens is 536 g/mol. The summed E-state index contributed by atoms with van der Waals surface area (Å²) in [6.07, 6.45) is 19.0. The summed E-state index contributed by atoms with van der Waals surface area (Å²) in [5.41, 5.74) is 4.79. The van der Waals surface area contributed by atoms with Crippen LogP contribution in [0.5, 0.6) is 0 Å². The minimum Gasteiger partial charge on any atom is -0.448 e. The topological polar surface area (TPSA) is 96.5 Å². The number of aryl methyl sites for hydroxylation is 1. The van der Waals surface area contributed by atoms with Gasteiger partial charge < -0.3 is 14.6 Å². The van der Waals surface area contributed by atoms with Crippen LogP contribution >= 0.6 is 0 Å². The van der Waals surface area contributed by atoms with Crippen LogP contribution in [0.15, 0.2) is 70.7 Å². The minimum atomic E-state index is -0.654. The first-order chi connectivity index (χ1) is 20.6. The van der Waals surface area contributed by atoms with E-state index in [1.165, 1.54) is 31.3 Å². The Balaban J connectivity index is 1.19. The van der Waals surface area contributed by atoms with E-state index in [2.05, 4.69) is 37.6 Å². The standard InChI is InChI=1S/C37H48N2O4/c1-23(7-10-32(34(42)27-13-18-38-19-14-27)37(16-17-37)35-39-24(2)22-43-35)30-11-12-31-26(6-5-15-36(30,31)4)8-9-28-20-29(40)21-33(41)25(28)3/h8-9,13-14,18-19,22-23,29-33,40-41H,3,5-7,10-12,15-17,20-21H2,1-2,4H3/t23-,29-,30-,31+,32+,33+,36-/m1/s1. The number of hydrogen-bond donors (Lipinski definition) is 2. The highest BCUT2D eigenvalue weighted by Crippen LogP contribution is 2.61. The second-order valence-corrected chi connectivity index (χ2v) is 14.3. The molecule has 0 radical (unpaired) electrons. The third-order valence-corrected chi connectivity index (χ3v) is 11.7. The molecular formula is C37H48N2O4. The van der Waals surface area contributed by atoms with E-state index in [-0.39, 0.29) is 22.5 Å². The number of aliphatic hydroxyl groups is 2. The van der Waals surface area contributed by atoms with E-state index in [0.29, 0.717) is 30.6 Å². The van der Waals surface area contributed by atoms with Crippen molar-refractivity contribution in [1.82, 2.24) is 9.97 Å². The number of carbonyl (C=O) groups is 1. The van der Waals surface area contributed by atoms with Crippen LogP contribution in [0.1, 0.15) is 106 Å². The maximum absolute atomic E-state index is 14.0. The van der Waals surface area contributed by atoms with Gasteiger partial charge in [0, 0.05) is 30.3 Å². The van der Waals surface area contributed by atoms with Crippen LogP contribution in [-0.2, 0) is 5.41 Å². The van der Waals surface area contributed by atoms with Crippen LogP contribution in [0, 0.1) is 36.0 Å². The van der Waals surface area contributed by atoms with Gasteiger partial charge in [0.1, 0.15) is 6.26 Å². The molecule has 6 heteroatoms. The van der Waals surface area contributed by atoms with Crippen molar-refractivity contribution >= 4 is 5.78 Å². The van der Waals surface area contributed by atoms with Crippen molar-refractivity contribution in [2.24, 2.45) is 29.1 Å². The highest BCUT2D eigenvalue weighted by molar-refractivity contribution is 5.99. The van der Waals surface area contributed by atoms with E-state index < -0.39 is 12.2 Å². The van der Waals surface area contributed by atoms with Gasteiger partial charge in [0.05, 0.1) is 23.3 Å². The molecule has 2 aromatic rings. The third kappa shape index (κ3) is 5.73. The van der Waals surface area contributed by atoms with Crippen LogP contribution < -0.4 is 0 Å². The summed E-state index contributed by atoms with van der Waals surface area (Å²) >= 11 is 0. The van der Waals surface area contributed by atoms with Gasteiger partial charge in [-0.1, -0.05) is 38.2 Å². The van der Waals surface area contributed by atoms with Crippen molar-refractivity contribution in [2.75, 3.05) is 0 Å². The molecule has 0 bridgehead atoms. The lowest BCUT2D eigenvalue weighted by Gasteiger charge is -2.44. The number of nitrogens with zero attached hydrogens (tertiary/aromatic N) is 2. The number of oxazole rings is 1. The summed E-state index contributed by atoms with van der Waals surface area (Å²) in [5, 5.41) is 20.5. The first-order valence-corrected chi connectivity index (χ1v) is 16.4. The Kier molecular flexibility index (Phi) is 8.38. The summed E-state index contributed by atoms with van der Waals surface area (Å²) < 4.78 is 5.93. The van der Waals surface area contributed by atoms with E-state index >= 15 is 0 Å². The fraction of sp³-hybridized carbons (Fsp3) is 0.595. The van der Waals surface area contributed by atoms with E-state index in [4.69, 9.17) is 9.40 Å². The molecule has 4 saturated carbocycles. The number of pyridine rings is 1. The van der Waals surface area contributed by atoms with Crippen LogP contribution in [0.2, 0.25) is 0 Å². The smallest absolute Gasteiger partial charge is 0.201 e. The Bertz CT molecular complexity index is 1400. The van der Waals surface area contributed by atoms with Gasteiger partial charge in [0.15, 0.2) is 5.78 Å². The molecule has 4 aliphatic carbocycles. The van der Waals surface area contributed by atoms with E-state index in [1.807, 2.05) is 19.1 Å². The molecule has 4 fully saturated rings. The van der Waals surface area contributed by atoms with Crippen molar-refractivity contribution in [3.63, 3.8) is 0 Å². The lowest BCUT2D eigenvalue weighted by molar-refractivity contribution is 0.0792. The number of aliphatic hydroxyl groups excluding tert-OH is 2. The second-order valence-electron chi connectivity index (χ2n) is 14.3. The average molecular weight is 585 g/mol. The van der Waals surface area contributed by atoms with Gasteiger partial charge in [-0.3, -0.25) is 9.78 Å². The molecule has 230 valence electrons. The van der Waals surface area contributed by atoms with Crippen molar-refractivity contribution in [3.05, 3.63) is 83.4 Å². The van der Waals surface area contributed by atoms with Gasteiger partial charge in [0.2, 0.25) is 5.89 Å². The SMILES string of the molecule is C=C1C(=CC=C2CCC[C@]3(C)[C@@H]([C@H](C)CC[C@@H](C(=O)c4ccncc4)C4(c5nc(C)co5)CC4)CC[C@@H]23)C[C@@H](O)C[C@@H]1O. The monoisotopic (exact) mass is 584 g/mol. The Labute approximate surface area is 256 Å². The average Bonchev–Trinajstić information content (AvgIpc) is 3.53. The van der Waals surface area contributed by atoms with Gasteiger partial charge in [-0.25, -0.2) is 4.98 Å². The van der Waals surface area contributed by atoms with Gasteiger partial charge in [-0.15, -0.1) is 0 Å². The van der Waals surface area contributed by atoms with Crippen molar-refractivity contribution in [2.45, 2.75) is 109 Å². The molecule has 0 unspecified atom stereocenters. The van der Waals surface area contributed by atoms with E-state index in [0.717, 1.165) is 60.4 Å². The van der Waals surface area contributed by atoms with Gasteiger partial charge in [-0.2, -0.15) is 0 Å². The fourth-order valence-electron chi connectivity index (χ4n) is 9.11. The number of Topliss-reactive ketones (excluding diaryl/α,β-unsaturated/α-hetero) is 1. The predicted molar refractivity (Wildman–Crippen MR) is 167 cm³/mol. The van der Waals surface area contributed by atoms with Crippen LogP contribution in [0.4, 0.5) is 0 Å². The molecule has 2 aromatic heterocycles. The first-order valence-electron chi connectivity index (χ1n) is 16.4. The number of fused-ring (bicyclic) bond motifs is 1. The lowest BCUT2D eigenvalue weighted by Crippen LogP contribution is -2.36. The molecule has 6 rings (SSSR count). The summed E-state index contributed by atoms with van der Waals surface area (Å²) in [6, 6.07) is 3.68. The molecule has 6 nitrogen and oxygen atoms in total. The zero-order valence-electron chi connectivity index (χ0n) is 26.1. The summed E-state index contributed by atoms with van der Waals surface area (Å²) in [5.74, 6) is 2.44. The van der Waals surface area contributed by atoms with Crippen molar-refractivity contribution < 1.29 is 19.4 Å². The molecule has 43 heavy (non-hydrogen) atoms. The van der Waals surface area contributed by atoms with Crippen LogP contribution in [0.3, 0.4) is 0 Å². The molecule has 0 spiro atoms. The molecule has 2 heterocycles. The van der Waals surface area contributed by atoms with Crippen LogP contribution in [-0.4, -0.2) is 38.2 Å². The predicted octanol–water partition coefficient (Wildman–Crippen LogP) is 7.47. The number of hydrogen-bond acceptors (Lipinski definition) is 6. The second kappa shape index (κ2) is 11.9. The van der Waals surface area contributed by atoms with Gasteiger partial charge >= 0.3 is 0 Å². The van der Waals surface area contributed by atoms with E-state index in [9.17, 15) is 15.0 Å². The first kappa shape index (κ1) is 30.2. The zero-order valence-corrected chi connectivity index (χ0v) is 26.1. The quantitative estimate of drug-likeness (QED) is 0.297. The summed E-state index contributed by atoms with van der Waals surface area (Å²) in [7, 11) is 0. The molecule has 0 saturated heterocycles. The maximum Gasteiger partial charge on any atom is 0.201 e. The number of ketones is 1. The van der Waals surface area contributed by atoms with Crippen molar-refractivity contribution in [3.8, 4) is 0 Å². The molecule has 0 aliphatic heterocycles. The summed E-state index contributed by atoms with van der Waals surface area (Å²) in [4.78, 5) is 22.8. The molecule has 7 atom stereocenters. The molecule has 0 amide bonds. The zero-order chi connectivity index (χ0) is 30.4. The Hall–Kier alpha value is -2.83. The molecule has 4 aliphatic rings.